The van der Waals surface area contributed by atoms with Gasteiger partial charge in [-0.25, -0.2) is 14.0 Å². The molecule has 3 heterocycles. The summed E-state index contributed by atoms with van der Waals surface area (Å²) < 4.78 is 48.9. The summed E-state index contributed by atoms with van der Waals surface area (Å²) in [5, 5.41) is 12.9. The summed E-state index contributed by atoms with van der Waals surface area (Å²) in [4.78, 5) is 25.3. The van der Waals surface area contributed by atoms with E-state index in [9.17, 15) is 27.5 Å². The highest BCUT2D eigenvalue weighted by Crippen LogP contribution is 2.44. The molecule has 0 spiro atoms. The Hall–Kier alpha value is -1.50. The zero-order chi connectivity index (χ0) is 17.0. The Morgan fingerprint density at radius 2 is 2.13 bits per heavy atom. The van der Waals surface area contributed by atoms with E-state index in [0.29, 0.717) is 5.06 Å². The Morgan fingerprint density at radius 3 is 2.65 bits per heavy atom. The summed E-state index contributed by atoms with van der Waals surface area (Å²) in [5.41, 5.74) is -1.77. The van der Waals surface area contributed by atoms with E-state index in [0.717, 1.165) is 4.90 Å². The number of amides is 2. The molecular formula is C11H16FN3O7S. The Morgan fingerprint density at radius 1 is 1.43 bits per heavy atom. The summed E-state index contributed by atoms with van der Waals surface area (Å²) in [6.45, 7) is -0.0126. The quantitative estimate of drug-likeness (QED) is 0.548. The van der Waals surface area contributed by atoms with E-state index in [2.05, 4.69) is 9.60 Å². The van der Waals surface area contributed by atoms with E-state index >= 15 is 0 Å². The topological polar surface area (TPSA) is 136 Å². The van der Waals surface area contributed by atoms with Crippen molar-refractivity contribution in [2.45, 2.75) is 30.6 Å². The minimum absolute atomic E-state index is 0.00358. The van der Waals surface area contributed by atoms with Crippen LogP contribution < -0.4 is 5.32 Å². The van der Waals surface area contributed by atoms with Crippen molar-refractivity contribution in [3.05, 3.63) is 0 Å². The summed E-state index contributed by atoms with van der Waals surface area (Å²) in [7, 11) is -4.92. The van der Waals surface area contributed by atoms with Gasteiger partial charge in [0.05, 0.1) is 6.04 Å². The highest BCUT2D eigenvalue weighted by atomic mass is 32.3. The van der Waals surface area contributed by atoms with Gasteiger partial charge in [0.2, 0.25) is 0 Å². The molecular weight excluding hydrogens is 337 g/mol. The molecule has 3 saturated heterocycles. The van der Waals surface area contributed by atoms with Gasteiger partial charge < -0.3 is 15.3 Å². The van der Waals surface area contributed by atoms with Crippen molar-refractivity contribution >= 4 is 22.4 Å². The molecule has 12 heteroatoms. The van der Waals surface area contributed by atoms with E-state index in [1.165, 1.54) is 0 Å². The van der Waals surface area contributed by atoms with Crippen molar-refractivity contribution in [3.63, 3.8) is 0 Å². The maximum Gasteiger partial charge on any atom is 0.418 e. The second-order valence-corrected chi connectivity index (χ2v) is 6.93. The number of carbonyl (C=O) groups excluding carboxylic acids is 1. The summed E-state index contributed by atoms with van der Waals surface area (Å²) in [5.74, 6) is -2.29. The summed E-state index contributed by atoms with van der Waals surface area (Å²) >= 11 is 0. The number of carboxylic acids is 1. The lowest BCUT2D eigenvalue weighted by Gasteiger charge is -2.44. The molecule has 0 unspecified atom stereocenters. The van der Waals surface area contributed by atoms with Crippen molar-refractivity contribution in [2.75, 3.05) is 19.6 Å². The van der Waals surface area contributed by atoms with E-state index in [1.54, 1.807) is 0 Å². The molecule has 2 bridgehead atoms. The van der Waals surface area contributed by atoms with Crippen LogP contribution in [0.1, 0.15) is 12.8 Å². The third-order valence-corrected chi connectivity index (χ3v) is 5.13. The molecule has 0 aliphatic carbocycles. The highest BCUT2D eigenvalue weighted by Gasteiger charge is 2.63. The molecule has 3 aliphatic heterocycles. The number of halogens is 1. The highest BCUT2D eigenvalue weighted by molar-refractivity contribution is 7.80. The van der Waals surface area contributed by atoms with Crippen LogP contribution in [0.15, 0.2) is 0 Å². The van der Waals surface area contributed by atoms with Gasteiger partial charge in [-0.15, -0.1) is 4.28 Å². The molecule has 23 heavy (non-hydrogen) atoms. The number of hydrogen-bond acceptors (Lipinski definition) is 6. The van der Waals surface area contributed by atoms with Gasteiger partial charge >= 0.3 is 22.4 Å². The first-order chi connectivity index (χ1) is 10.7. The van der Waals surface area contributed by atoms with Crippen molar-refractivity contribution in [1.82, 2.24) is 15.3 Å². The van der Waals surface area contributed by atoms with E-state index in [1.807, 2.05) is 0 Å². The first-order valence-corrected chi connectivity index (χ1v) is 8.39. The Labute approximate surface area is 131 Å². The predicted molar refractivity (Wildman–Crippen MR) is 71.2 cm³/mol. The maximum atomic E-state index is 14.2. The fraction of sp³-hybridized carbons (Fsp3) is 0.818. The number of hydrogen-bond donors (Lipinski definition) is 3. The van der Waals surface area contributed by atoms with Crippen molar-refractivity contribution < 1.29 is 36.3 Å². The van der Waals surface area contributed by atoms with Crippen molar-refractivity contribution in [3.8, 4) is 0 Å². The Kier molecular flexibility index (Phi) is 3.74. The number of hydroxylamine groups is 2. The lowest BCUT2D eigenvalue weighted by atomic mass is 9.74. The standard InChI is InChI=1S/C11H16FN3O7S/c12-8-4-13-3-7(8)11(9(16)17)2-1-6-5-14(11)10(18)15(6)22-23(19,20)21/h6-8,13H,1-5H2,(H,16,17)(H,19,20,21)/t6-,7+,8+,11+/m1/s1. The second-order valence-electron chi connectivity index (χ2n) is 5.92. The fourth-order valence-electron chi connectivity index (χ4n) is 3.78. The average molecular weight is 353 g/mol. The van der Waals surface area contributed by atoms with Gasteiger partial charge in [0.15, 0.2) is 0 Å². The molecule has 0 aromatic heterocycles. The van der Waals surface area contributed by atoms with Crippen LogP contribution in [0.2, 0.25) is 0 Å². The molecule has 0 radical (unpaired) electrons. The van der Waals surface area contributed by atoms with E-state index < -0.39 is 46.1 Å². The van der Waals surface area contributed by atoms with Gasteiger partial charge in [-0.2, -0.15) is 13.5 Å². The first kappa shape index (κ1) is 16.4. The maximum absolute atomic E-state index is 14.2. The molecule has 0 saturated carbocycles. The molecule has 0 aromatic carbocycles. The number of carbonyl (C=O) groups is 2. The zero-order valence-electron chi connectivity index (χ0n) is 11.9. The van der Waals surface area contributed by atoms with Gasteiger partial charge in [-0.3, -0.25) is 4.55 Å². The Balaban J connectivity index is 1.96. The first-order valence-electron chi connectivity index (χ1n) is 7.03. The monoisotopic (exact) mass is 353 g/mol. The van der Waals surface area contributed by atoms with E-state index in [-0.39, 0.29) is 32.5 Å². The minimum Gasteiger partial charge on any atom is -0.479 e. The number of carboxylic acid groups (broad SMARTS) is 1. The molecule has 3 fully saturated rings. The normalized spacial score (nSPS) is 37.5. The third-order valence-electron chi connectivity index (χ3n) is 4.78. The van der Waals surface area contributed by atoms with Crippen LogP contribution in [0, 0.1) is 5.92 Å². The van der Waals surface area contributed by atoms with Crippen LogP contribution in [0.5, 0.6) is 0 Å². The SMILES string of the molecule is O=C1N(OS(=O)(=O)O)[C@@H]2CC[C@@](C(=O)O)([C@H]3CNC[C@@H]3F)N1C2. The number of aliphatic carboxylic acids is 1. The van der Waals surface area contributed by atoms with Crippen molar-refractivity contribution in [2.24, 2.45) is 5.92 Å². The lowest BCUT2D eigenvalue weighted by molar-refractivity contribution is -0.156. The van der Waals surface area contributed by atoms with Gasteiger partial charge in [0.25, 0.3) is 0 Å². The minimum atomic E-state index is -4.92. The lowest BCUT2D eigenvalue weighted by Crippen LogP contribution is -2.64. The van der Waals surface area contributed by atoms with Crippen LogP contribution in [-0.2, 0) is 19.5 Å². The largest absolute Gasteiger partial charge is 0.479 e. The summed E-state index contributed by atoms with van der Waals surface area (Å²) in [6.07, 6.45) is -1.35. The van der Waals surface area contributed by atoms with E-state index in [4.69, 9.17) is 4.55 Å². The zero-order valence-corrected chi connectivity index (χ0v) is 12.7. The summed E-state index contributed by atoms with van der Waals surface area (Å²) in [6, 6.07) is -1.73. The number of nitrogens with zero attached hydrogens (tertiary/aromatic N) is 2. The van der Waals surface area contributed by atoms with Crippen LogP contribution >= 0.6 is 0 Å². The number of nitrogens with one attached hydrogen (secondary N) is 1. The third kappa shape index (κ3) is 2.45. The van der Waals surface area contributed by atoms with Gasteiger partial charge in [0.1, 0.15) is 11.7 Å². The number of urea groups is 1. The van der Waals surface area contributed by atoms with Gasteiger partial charge in [-0.05, 0) is 12.8 Å². The molecule has 3 N–H and O–H groups in total. The van der Waals surface area contributed by atoms with Crippen molar-refractivity contribution in [1.29, 1.82) is 0 Å². The molecule has 10 nitrogen and oxygen atoms in total. The molecule has 0 aromatic rings. The van der Waals surface area contributed by atoms with Crippen LogP contribution in [0.4, 0.5) is 9.18 Å². The number of piperidine rings is 1. The molecule has 4 atom stereocenters. The smallest absolute Gasteiger partial charge is 0.418 e. The molecule has 3 rings (SSSR count). The van der Waals surface area contributed by atoms with Crippen LogP contribution in [0.3, 0.4) is 0 Å². The second kappa shape index (κ2) is 5.26. The van der Waals surface area contributed by atoms with Gasteiger partial charge in [0, 0.05) is 25.6 Å². The predicted octanol–water partition coefficient (Wildman–Crippen LogP) is -0.998. The van der Waals surface area contributed by atoms with Crippen LogP contribution in [-0.4, -0.2) is 77.4 Å². The molecule has 3 aliphatic rings. The number of fused-ring (bicyclic) bond motifs is 2. The Bertz CT molecular complexity index is 644. The molecule has 2 amide bonds. The van der Waals surface area contributed by atoms with Gasteiger partial charge in [-0.1, -0.05) is 0 Å². The molecule has 130 valence electrons. The number of alkyl halides is 1. The average Bonchev–Trinajstić information content (AvgIpc) is 2.97. The van der Waals surface area contributed by atoms with Crippen LogP contribution in [0.25, 0.3) is 0 Å². The number of rotatable bonds is 4. The fourth-order valence-corrected chi connectivity index (χ4v) is 4.17.